The lowest BCUT2D eigenvalue weighted by Crippen LogP contribution is -1.99. The van der Waals surface area contributed by atoms with Crippen molar-refractivity contribution in [3.63, 3.8) is 0 Å². The van der Waals surface area contributed by atoms with Crippen molar-refractivity contribution in [1.29, 1.82) is 0 Å². The van der Waals surface area contributed by atoms with Crippen LogP contribution in [0.2, 0.25) is 0 Å². The average molecular weight is 822 g/mol. The van der Waals surface area contributed by atoms with E-state index in [0.717, 1.165) is 60.1 Å². The first-order valence-electron chi connectivity index (χ1n) is 20.2. The van der Waals surface area contributed by atoms with E-state index < -0.39 is 0 Å². The minimum atomic E-state index is 0.362. The van der Waals surface area contributed by atoms with Crippen LogP contribution in [-0.2, 0) is 12.5 Å². The van der Waals surface area contributed by atoms with Crippen LogP contribution in [0.5, 0.6) is 11.5 Å². The molecule has 0 aliphatic carbocycles. The van der Waals surface area contributed by atoms with Gasteiger partial charge in [0.05, 0.1) is 9.75 Å². The van der Waals surface area contributed by atoms with E-state index in [1.54, 1.807) is 12.1 Å². The van der Waals surface area contributed by atoms with Crippen LogP contribution >= 0.6 is 34.3 Å². The summed E-state index contributed by atoms with van der Waals surface area (Å²) < 4.78 is 5.97. The third-order valence-electron chi connectivity index (χ3n) is 9.79. The third kappa shape index (κ3) is 14.8. The zero-order valence-corrected chi connectivity index (χ0v) is 36.2. The van der Waals surface area contributed by atoms with E-state index >= 15 is 0 Å². The van der Waals surface area contributed by atoms with Crippen molar-refractivity contribution in [3.8, 4) is 32.4 Å². The van der Waals surface area contributed by atoms with Crippen molar-refractivity contribution in [3.05, 3.63) is 153 Å². The SMILES string of the molecule is CCCC(CCC)c1ccc(O)cc1.CCCC(CCC)c1ccc(OCc2ccc(-c3ccc(C=O)s3)cc2)cc1.O=Cc1ccc(-c2ccc(CCl)cc2)s1. The minimum Gasteiger partial charge on any atom is -0.508 e. The molecule has 0 unspecified atom stereocenters. The predicted molar refractivity (Wildman–Crippen MR) is 244 cm³/mol. The second-order valence-corrected chi connectivity index (χ2v) is 16.7. The van der Waals surface area contributed by atoms with Crippen molar-refractivity contribution >= 4 is 46.8 Å². The number of hydrogen-bond donors (Lipinski definition) is 1. The highest BCUT2D eigenvalue weighted by atomic mass is 35.5. The number of hydrogen-bond acceptors (Lipinski definition) is 6. The third-order valence-corrected chi connectivity index (χ3v) is 12.2. The molecule has 2 heterocycles. The number of alkyl halides is 1. The molecule has 0 aliphatic rings. The van der Waals surface area contributed by atoms with E-state index in [2.05, 4.69) is 76.2 Å². The van der Waals surface area contributed by atoms with Crippen LogP contribution in [0.3, 0.4) is 0 Å². The quantitative estimate of drug-likeness (QED) is 0.0693. The Morgan fingerprint density at radius 2 is 0.947 bits per heavy atom. The molecule has 4 nitrogen and oxygen atoms in total. The highest BCUT2D eigenvalue weighted by Gasteiger charge is 2.11. The van der Waals surface area contributed by atoms with Crippen LogP contribution in [0.1, 0.15) is 132 Å². The second kappa shape index (κ2) is 25.0. The number of rotatable bonds is 18. The smallest absolute Gasteiger partial charge is 0.160 e. The zero-order valence-electron chi connectivity index (χ0n) is 33.8. The van der Waals surface area contributed by atoms with Gasteiger partial charge in [-0.1, -0.05) is 126 Å². The Morgan fingerprint density at radius 3 is 1.32 bits per heavy atom. The molecule has 0 atom stereocenters. The van der Waals surface area contributed by atoms with E-state index in [1.807, 2.05) is 60.7 Å². The fraction of sp³-hybridized carbons (Fsp3) is 0.320. The van der Waals surface area contributed by atoms with Gasteiger partial charge in [-0.3, -0.25) is 9.59 Å². The maximum Gasteiger partial charge on any atom is 0.160 e. The van der Waals surface area contributed by atoms with Gasteiger partial charge in [-0.15, -0.1) is 34.3 Å². The molecule has 7 heteroatoms. The molecule has 300 valence electrons. The molecule has 0 radical (unpaired) electrons. The lowest BCUT2D eigenvalue weighted by Gasteiger charge is -2.16. The Kier molecular flexibility index (Phi) is 19.8. The monoisotopic (exact) mass is 820 g/mol. The number of carbonyl (C=O) groups excluding carboxylic acids is 2. The summed E-state index contributed by atoms with van der Waals surface area (Å²) in [5, 5.41) is 9.20. The minimum absolute atomic E-state index is 0.362. The lowest BCUT2D eigenvalue weighted by molar-refractivity contribution is 0.111. The molecular formula is C50H57ClO4S2. The number of phenols is 1. The van der Waals surface area contributed by atoms with Gasteiger partial charge in [-0.05, 0) is 119 Å². The van der Waals surface area contributed by atoms with Crippen LogP contribution < -0.4 is 4.74 Å². The molecule has 1 N–H and O–H groups in total. The van der Waals surface area contributed by atoms with Gasteiger partial charge < -0.3 is 9.84 Å². The fourth-order valence-corrected chi connectivity index (χ4v) is 8.60. The van der Waals surface area contributed by atoms with E-state index in [1.165, 1.54) is 85.2 Å². The van der Waals surface area contributed by atoms with E-state index in [4.69, 9.17) is 16.3 Å². The molecule has 0 bridgehead atoms. The van der Waals surface area contributed by atoms with Crippen molar-refractivity contribution < 1.29 is 19.4 Å². The summed E-state index contributed by atoms with van der Waals surface area (Å²) in [4.78, 5) is 25.1. The molecule has 4 aromatic carbocycles. The summed E-state index contributed by atoms with van der Waals surface area (Å²) in [5.41, 5.74) is 7.28. The first-order chi connectivity index (χ1) is 27.8. The number of aldehydes is 2. The molecule has 6 aromatic rings. The summed E-state index contributed by atoms with van der Waals surface area (Å²) in [6, 6.07) is 40.3. The van der Waals surface area contributed by atoms with Crippen LogP contribution in [0.25, 0.3) is 20.9 Å². The predicted octanol–water partition coefficient (Wildman–Crippen LogP) is 15.5. The standard InChI is InChI=1S/C25H28O2S.C13H20O.C12H9ClOS/c1-3-5-20(6-4-2)21-11-13-23(14-12-21)27-18-19-7-9-22(10-8-19)25-16-15-24(17-26)28-25;1-3-5-11(6-4-2)12-7-9-13(14)10-8-12;13-7-9-1-3-10(4-2-9)12-6-5-11(8-14)15-12/h7-17,20H,3-6,18H2,1-2H3;7-11,14H,3-6H2,1-2H3;1-6,8H,7H2. The fourth-order valence-electron chi connectivity index (χ4n) is 6.76. The Labute approximate surface area is 353 Å². The highest BCUT2D eigenvalue weighted by Crippen LogP contribution is 2.31. The summed E-state index contributed by atoms with van der Waals surface area (Å²) in [6.07, 6.45) is 11.7. The van der Waals surface area contributed by atoms with Gasteiger partial charge in [0.2, 0.25) is 0 Å². The summed E-state index contributed by atoms with van der Waals surface area (Å²) >= 11 is 8.72. The van der Waals surface area contributed by atoms with E-state index in [0.29, 0.717) is 30.1 Å². The van der Waals surface area contributed by atoms with Gasteiger partial charge in [0.1, 0.15) is 18.1 Å². The maximum atomic E-state index is 10.8. The van der Waals surface area contributed by atoms with Gasteiger partial charge >= 0.3 is 0 Å². The van der Waals surface area contributed by atoms with Gasteiger partial charge in [0.15, 0.2) is 12.6 Å². The molecule has 0 saturated heterocycles. The topological polar surface area (TPSA) is 63.6 Å². The summed E-state index contributed by atoms with van der Waals surface area (Å²) in [5.74, 6) is 3.14. The Morgan fingerprint density at radius 1 is 0.544 bits per heavy atom. The molecule has 0 fully saturated rings. The van der Waals surface area contributed by atoms with Crippen LogP contribution in [-0.4, -0.2) is 17.7 Å². The Balaban J connectivity index is 0.000000209. The number of benzene rings is 4. The second-order valence-electron chi connectivity index (χ2n) is 14.2. The van der Waals surface area contributed by atoms with Crippen molar-refractivity contribution in [1.82, 2.24) is 0 Å². The highest BCUT2D eigenvalue weighted by molar-refractivity contribution is 7.17. The van der Waals surface area contributed by atoms with Crippen LogP contribution in [0.4, 0.5) is 0 Å². The van der Waals surface area contributed by atoms with Crippen LogP contribution in [0.15, 0.2) is 121 Å². The molecule has 0 amide bonds. The number of carbonyl (C=O) groups is 2. The molecule has 0 saturated carbocycles. The normalized spacial score (nSPS) is 10.7. The average Bonchev–Trinajstić information content (AvgIpc) is 3.95. The van der Waals surface area contributed by atoms with Crippen molar-refractivity contribution in [2.45, 2.75) is 103 Å². The van der Waals surface area contributed by atoms with E-state index in [-0.39, 0.29) is 0 Å². The molecule has 57 heavy (non-hydrogen) atoms. The number of phenolic OH excluding ortho intramolecular Hbond substituents is 1. The Bertz CT molecular complexity index is 2000. The van der Waals surface area contributed by atoms with E-state index in [9.17, 15) is 14.7 Å². The first-order valence-corrected chi connectivity index (χ1v) is 22.4. The van der Waals surface area contributed by atoms with Gasteiger partial charge in [-0.25, -0.2) is 0 Å². The summed E-state index contributed by atoms with van der Waals surface area (Å²) in [6.45, 7) is 9.51. The largest absolute Gasteiger partial charge is 0.508 e. The van der Waals surface area contributed by atoms with Crippen molar-refractivity contribution in [2.24, 2.45) is 0 Å². The van der Waals surface area contributed by atoms with Gasteiger partial charge in [0, 0.05) is 15.6 Å². The van der Waals surface area contributed by atoms with Gasteiger partial charge in [0.25, 0.3) is 0 Å². The molecule has 6 rings (SSSR count). The molecule has 2 aromatic heterocycles. The number of halogens is 1. The zero-order chi connectivity index (χ0) is 40.8. The lowest BCUT2D eigenvalue weighted by atomic mass is 9.90. The van der Waals surface area contributed by atoms with Crippen LogP contribution in [0, 0.1) is 0 Å². The Hall–Kier alpha value is -4.49. The maximum absolute atomic E-state index is 10.8. The molecule has 0 aliphatic heterocycles. The number of thiophene rings is 2. The van der Waals surface area contributed by atoms with Crippen molar-refractivity contribution in [2.75, 3.05) is 0 Å². The molecular weight excluding hydrogens is 764 g/mol. The van der Waals surface area contributed by atoms with Gasteiger partial charge in [-0.2, -0.15) is 0 Å². The summed E-state index contributed by atoms with van der Waals surface area (Å²) in [7, 11) is 0. The number of ether oxygens (including phenoxy) is 1. The first kappa shape index (κ1) is 45.2. The number of aromatic hydroxyl groups is 1. The molecule has 0 spiro atoms.